The largest absolute Gasteiger partial charge is 0.349 e. The van der Waals surface area contributed by atoms with Gasteiger partial charge in [0.15, 0.2) is 0 Å². The zero-order valence-corrected chi connectivity index (χ0v) is 8.70. The number of carbonyl (C=O) groups is 2. The van der Waals surface area contributed by atoms with Crippen LogP contribution in [0.3, 0.4) is 0 Å². The van der Waals surface area contributed by atoms with Gasteiger partial charge in [0.1, 0.15) is 5.78 Å². The van der Waals surface area contributed by atoms with Crippen LogP contribution < -0.4 is 0 Å². The van der Waals surface area contributed by atoms with Crippen molar-refractivity contribution in [2.24, 2.45) is 17.8 Å². The van der Waals surface area contributed by atoms with E-state index < -0.39 is 0 Å². The van der Waals surface area contributed by atoms with Gasteiger partial charge in [0.25, 0.3) is 0 Å². The number of nitrogens with zero attached hydrogens (tertiary/aromatic N) is 1. The highest BCUT2D eigenvalue weighted by atomic mass is 16.2. The third-order valence-electron chi connectivity index (χ3n) is 2.48. The second kappa shape index (κ2) is 3.48. The summed E-state index contributed by atoms with van der Waals surface area (Å²) in [6, 6.07) is 0. The van der Waals surface area contributed by atoms with Crippen molar-refractivity contribution in [3.05, 3.63) is 0 Å². The van der Waals surface area contributed by atoms with Gasteiger partial charge in [0.2, 0.25) is 5.91 Å². The summed E-state index contributed by atoms with van der Waals surface area (Å²) in [5.74, 6) is 0.379. The molecule has 0 spiro atoms. The van der Waals surface area contributed by atoms with E-state index >= 15 is 0 Å². The predicted molar refractivity (Wildman–Crippen MR) is 50.1 cm³/mol. The molecule has 3 heteroatoms. The van der Waals surface area contributed by atoms with Crippen LogP contribution in [0.1, 0.15) is 20.3 Å². The van der Waals surface area contributed by atoms with Gasteiger partial charge in [-0.25, -0.2) is 0 Å². The van der Waals surface area contributed by atoms with E-state index in [-0.39, 0.29) is 29.4 Å². The Hall–Kier alpha value is -0.860. The topological polar surface area (TPSA) is 37.4 Å². The molecule has 1 saturated carbocycles. The molecule has 1 aliphatic rings. The minimum absolute atomic E-state index is 0.00917. The number of carbonyl (C=O) groups excluding carboxylic acids is 2. The molecule has 0 aliphatic heterocycles. The van der Waals surface area contributed by atoms with Crippen LogP contribution >= 0.6 is 0 Å². The third kappa shape index (κ3) is 2.08. The Morgan fingerprint density at radius 1 is 1.23 bits per heavy atom. The highest BCUT2D eigenvalue weighted by Gasteiger charge is 2.48. The van der Waals surface area contributed by atoms with Crippen molar-refractivity contribution in [1.29, 1.82) is 0 Å². The lowest BCUT2D eigenvalue weighted by atomic mass is 10.0. The Balaban J connectivity index is 2.47. The summed E-state index contributed by atoms with van der Waals surface area (Å²) in [6.07, 6.45) is 0.758. The molecule has 0 heterocycles. The van der Waals surface area contributed by atoms with Gasteiger partial charge >= 0.3 is 0 Å². The van der Waals surface area contributed by atoms with E-state index in [0.717, 1.165) is 6.42 Å². The zero-order valence-electron chi connectivity index (χ0n) is 8.70. The number of rotatable bonds is 3. The van der Waals surface area contributed by atoms with Crippen molar-refractivity contribution in [2.45, 2.75) is 20.3 Å². The zero-order chi connectivity index (χ0) is 10.2. The standard InChI is InChI=1S/C10H17NO2/c1-6(2)9(12)7-5-8(7)10(13)11(3)4/h6-8H,5H2,1-4H3/t7-,8?/m0/s1. The van der Waals surface area contributed by atoms with E-state index in [1.165, 1.54) is 0 Å². The van der Waals surface area contributed by atoms with E-state index in [2.05, 4.69) is 0 Å². The van der Waals surface area contributed by atoms with Crippen LogP contribution in [0.5, 0.6) is 0 Å². The SMILES string of the molecule is CC(C)C(=O)[C@H]1CC1C(=O)N(C)C. The maximum atomic E-state index is 11.5. The first-order valence-electron chi connectivity index (χ1n) is 4.70. The molecule has 1 amide bonds. The molecule has 0 aromatic rings. The van der Waals surface area contributed by atoms with Gasteiger partial charge in [-0.15, -0.1) is 0 Å². The molecule has 1 fully saturated rings. The number of ketones is 1. The second-order valence-corrected chi connectivity index (χ2v) is 4.24. The molecule has 0 saturated heterocycles. The molecular formula is C10H17NO2. The summed E-state index contributed by atoms with van der Waals surface area (Å²) in [4.78, 5) is 24.5. The monoisotopic (exact) mass is 183 g/mol. The average Bonchev–Trinajstić information content (AvgIpc) is 2.80. The Labute approximate surface area is 79.1 Å². The number of Topliss-reactive ketones (excluding diaryl/α,β-unsaturated/α-hetero) is 1. The first kappa shape index (κ1) is 10.2. The van der Waals surface area contributed by atoms with E-state index in [4.69, 9.17) is 0 Å². The van der Waals surface area contributed by atoms with E-state index in [1.807, 2.05) is 13.8 Å². The fourth-order valence-electron chi connectivity index (χ4n) is 1.54. The molecule has 3 nitrogen and oxygen atoms in total. The van der Waals surface area contributed by atoms with Gasteiger partial charge in [-0.3, -0.25) is 9.59 Å². The van der Waals surface area contributed by atoms with Gasteiger partial charge in [-0.1, -0.05) is 13.8 Å². The fourth-order valence-corrected chi connectivity index (χ4v) is 1.54. The molecule has 0 radical (unpaired) electrons. The lowest BCUT2D eigenvalue weighted by Crippen LogP contribution is -2.25. The molecule has 1 aliphatic carbocycles. The van der Waals surface area contributed by atoms with Crippen molar-refractivity contribution < 1.29 is 9.59 Å². The molecule has 1 rings (SSSR count). The smallest absolute Gasteiger partial charge is 0.225 e. The Morgan fingerprint density at radius 2 is 1.77 bits per heavy atom. The van der Waals surface area contributed by atoms with Crippen molar-refractivity contribution in [3.8, 4) is 0 Å². The number of hydrogen-bond donors (Lipinski definition) is 0. The van der Waals surface area contributed by atoms with Gasteiger partial charge in [-0.05, 0) is 6.42 Å². The van der Waals surface area contributed by atoms with E-state index in [9.17, 15) is 9.59 Å². The van der Waals surface area contributed by atoms with Crippen LogP contribution in [-0.2, 0) is 9.59 Å². The number of amides is 1. The molecule has 0 bridgehead atoms. The maximum Gasteiger partial charge on any atom is 0.225 e. The summed E-state index contributed by atoms with van der Waals surface area (Å²) < 4.78 is 0. The van der Waals surface area contributed by atoms with Gasteiger partial charge in [-0.2, -0.15) is 0 Å². The van der Waals surface area contributed by atoms with Gasteiger partial charge < -0.3 is 4.90 Å². The summed E-state index contributed by atoms with van der Waals surface area (Å²) >= 11 is 0. The molecule has 74 valence electrons. The highest BCUT2D eigenvalue weighted by molar-refractivity contribution is 5.94. The van der Waals surface area contributed by atoms with Crippen LogP contribution in [0.2, 0.25) is 0 Å². The molecular weight excluding hydrogens is 166 g/mol. The fraction of sp³-hybridized carbons (Fsp3) is 0.800. The molecule has 0 N–H and O–H groups in total. The normalized spacial score (nSPS) is 25.9. The molecule has 0 aromatic heterocycles. The minimum Gasteiger partial charge on any atom is -0.349 e. The van der Waals surface area contributed by atoms with Gasteiger partial charge in [0.05, 0.1) is 0 Å². The average molecular weight is 183 g/mol. The van der Waals surface area contributed by atoms with E-state index in [1.54, 1.807) is 19.0 Å². The lowest BCUT2D eigenvalue weighted by molar-refractivity contribution is -0.132. The van der Waals surface area contributed by atoms with Crippen LogP contribution in [0.4, 0.5) is 0 Å². The van der Waals surface area contributed by atoms with Crippen molar-refractivity contribution in [2.75, 3.05) is 14.1 Å². The minimum atomic E-state index is -0.0232. The van der Waals surface area contributed by atoms with Crippen molar-refractivity contribution >= 4 is 11.7 Å². The van der Waals surface area contributed by atoms with Gasteiger partial charge in [0, 0.05) is 31.8 Å². The highest BCUT2D eigenvalue weighted by Crippen LogP contribution is 2.41. The summed E-state index contributed by atoms with van der Waals surface area (Å²) in [5, 5.41) is 0. The van der Waals surface area contributed by atoms with Crippen molar-refractivity contribution in [1.82, 2.24) is 4.90 Å². The Kier molecular flexibility index (Phi) is 2.74. The maximum absolute atomic E-state index is 11.5. The Bertz CT molecular complexity index is 209. The predicted octanol–water partition coefficient (Wildman–Crippen LogP) is 0.936. The van der Waals surface area contributed by atoms with Crippen molar-refractivity contribution in [3.63, 3.8) is 0 Å². The third-order valence-corrected chi connectivity index (χ3v) is 2.48. The van der Waals surface area contributed by atoms with E-state index in [0.29, 0.717) is 0 Å². The first-order chi connectivity index (χ1) is 5.95. The molecule has 0 aromatic carbocycles. The molecule has 13 heavy (non-hydrogen) atoms. The Morgan fingerprint density at radius 3 is 2.15 bits per heavy atom. The molecule has 2 atom stereocenters. The van der Waals surface area contributed by atoms with Crippen LogP contribution in [-0.4, -0.2) is 30.7 Å². The first-order valence-corrected chi connectivity index (χ1v) is 4.70. The summed E-state index contributed by atoms with van der Waals surface area (Å²) in [7, 11) is 3.47. The quantitative estimate of drug-likeness (QED) is 0.653. The second-order valence-electron chi connectivity index (χ2n) is 4.24. The number of hydrogen-bond acceptors (Lipinski definition) is 2. The van der Waals surface area contributed by atoms with Crippen LogP contribution in [0.15, 0.2) is 0 Å². The molecule has 1 unspecified atom stereocenters. The summed E-state index contributed by atoms with van der Waals surface area (Å²) in [6.45, 7) is 3.77. The van der Waals surface area contributed by atoms with Crippen LogP contribution in [0.25, 0.3) is 0 Å². The summed E-state index contributed by atoms with van der Waals surface area (Å²) in [5.41, 5.74) is 0. The van der Waals surface area contributed by atoms with Crippen LogP contribution in [0, 0.1) is 17.8 Å². The lowest BCUT2D eigenvalue weighted by Gasteiger charge is -2.09.